The zero-order valence-electron chi connectivity index (χ0n) is 18.5. The van der Waals surface area contributed by atoms with Crippen LogP contribution in [0.4, 0.5) is 0 Å². The molecular formula is C24H28BrNO6. The first kappa shape index (κ1) is 22.7. The molecular weight excluding hydrogens is 478 g/mol. The second-order valence-corrected chi connectivity index (χ2v) is 8.53. The van der Waals surface area contributed by atoms with Crippen LogP contribution in [0.15, 0.2) is 36.4 Å². The minimum atomic E-state index is -0.382. The Hall–Kier alpha value is -2.45. The molecule has 0 radical (unpaired) electrons. The highest BCUT2D eigenvalue weighted by Crippen LogP contribution is 2.49. The van der Waals surface area contributed by atoms with Crippen molar-refractivity contribution >= 4 is 21.9 Å². The van der Waals surface area contributed by atoms with Gasteiger partial charge in [0.1, 0.15) is 0 Å². The zero-order valence-corrected chi connectivity index (χ0v) is 20.1. The maximum atomic E-state index is 13.3. The van der Waals surface area contributed by atoms with Crippen molar-refractivity contribution in [1.29, 1.82) is 0 Å². The monoisotopic (exact) mass is 505 g/mol. The number of carbonyl (C=O) groups excluding carboxylic acids is 1. The fourth-order valence-corrected chi connectivity index (χ4v) is 5.16. The fraction of sp³-hybridized carbons (Fsp3) is 0.458. The summed E-state index contributed by atoms with van der Waals surface area (Å²) in [5.74, 6) is 2.10. The normalized spacial score (nSPS) is 22.1. The predicted octanol–water partition coefficient (Wildman–Crippen LogP) is 4.15. The molecule has 2 aromatic rings. The number of alkyl halides is 1. The van der Waals surface area contributed by atoms with E-state index >= 15 is 0 Å². The van der Waals surface area contributed by atoms with E-state index in [2.05, 4.69) is 20.8 Å². The van der Waals surface area contributed by atoms with E-state index in [9.17, 15) is 4.79 Å². The smallest absolute Gasteiger partial charge is 0.311 e. The van der Waals surface area contributed by atoms with Crippen molar-refractivity contribution in [2.75, 3.05) is 46.0 Å². The van der Waals surface area contributed by atoms with E-state index in [-0.39, 0.29) is 30.6 Å². The number of hydrogen-bond donors (Lipinski definition) is 0. The van der Waals surface area contributed by atoms with Crippen LogP contribution in [0.2, 0.25) is 0 Å². The summed E-state index contributed by atoms with van der Waals surface area (Å²) in [6.45, 7) is 3.89. The molecule has 0 N–H and O–H groups in total. The Kier molecular flexibility index (Phi) is 7.10. The number of halogens is 1. The first-order valence-electron chi connectivity index (χ1n) is 10.7. The maximum Gasteiger partial charge on any atom is 0.311 e. The quantitative estimate of drug-likeness (QED) is 0.394. The number of nitrogens with zero attached hydrogens (tertiary/aromatic N) is 1. The molecule has 32 heavy (non-hydrogen) atoms. The molecule has 0 spiro atoms. The van der Waals surface area contributed by atoms with Gasteiger partial charge in [-0.05, 0) is 42.3 Å². The van der Waals surface area contributed by atoms with Gasteiger partial charge in [0.05, 0.1) is 26.7 Å². The Morgan fingerprint density at radius 1 is 1.06 bits per heavy atom. The van der Waals surface area contributed by atoms with Crippen molar-refractivity contribution < 1.29 is 28.5 Å². The van der Waals surface area contributed by atoms with Crippen LogP contribution in [-0.4, -0.2) is 56.9 Å². The van der Waals surface area contributed by atoms with E-state index in [1.54, 1.807) is 14.2 Å². The third kappa shape index (κ3) is 4.26. The van der Waals surface area contributed by atoms with Gasteiger partial charge in [-0.25, -0.2) is 0 Å². The molecule has 2 aliphatic rings. The summed E-state index contributed by atoms with van der Waals surface area (Å²) in [7, 11) is 3.23. The first-order valence-corrected chi connectivity index (χ1v) is 11.8. The van der Waals surface area contributed by atoms with Crippen molar-refractivity contribution in [3.63, 3.8) is 0 Å². The second kappa shape index (κ2) is 10.0. The summed E-state index contributed by atoms with van der Waals surface area (Å²) in [5.41, 5.74) is 2.03. The van der Waals surface area contributed by atoms with Crippen molar-refractivity contribution in [3.05, 3.63) is 47.5 Å². The average molecular weight is 506 g/mol. The number of ether oxygens (including phenoxy) is 5. The average Bonchev–Trinajstić information content (AvgIpc) is 3.43. The van der Waals surface area contributed by atoms with Gasteiger partial charge >= 0.3 is 5.97 Å². The molecule has 0 aromatic heterocycles. The molecule has 3 atom stereocenters. The molecule has 0 saturated carbocycles. The van der Waals surface area contributed by atoms with Gasteiger partial charge in [-0.15, -0.1) is 0 Å². The Balaban J connectivity index is 1.77. The molecule has 0 bridgehead atoms. The molecule has 0 aliphatic carbocycles. The highest BCUT2D eigenvalue weighted by molar-refractivity contribution is 9.09. The third-order valence-electron chi connectivity index (χ3n) is 6.10. The Morgan fingerprint density at radius 2 is 1.81 bits per heavy atom. The van der Waals surface area contributed by atoms with Crippen molar-refractivity contribution in [2.24, 2.45) is 5.92 Å². The van der Waals surface area contributed by atoms with Crippen molar-refractivity contribution in [1.82, 2.24) is 4.90 Å². The number of esters is 1. The number of likely N-dealkylation sites (tertiary alicyclic amines) is 1. The first-order chi connectivity index (χ1) is 15.6. The SMILES string of the molecule is CCOC(=O)C1C(c2ccc3c(c2)OCO3)CN(CCBr)C1c1ccc(OC)c(OC)c1. The molecule has 2 aromatic carbocycles. The summed E-state index contributed by atoms with van der Waals surface area (Å²) in [6, 6.07) is 11.6. The number of benzene rings is 2. The molecule has 3 unspecified atom stereocenters. The van der Waals surface area contributed by atoms with Gasteiger partial charge in [-0.2, -0.15) is 0 Å². The molecule has 0 amide bonds. The van der Waals surface area contributed by atoms with Crippen LogP contribution >= 0.6 is 15.9 Å². The van der Waals surface area contributed by atoms with Crippen LogP contribution in [0.1, 0.15) is 30.0 Å². The molecule has 2 aliphatic heterocycles. The molecule has 7 nitrogen and oxygen atoms in total. The standard InChI is InChI=1S/C24H28BrNO6/c1-4-30-24(27)22-17(15-5-8-19-21(11-15)32-14-31-19)13-26(10-9-25)23(22)16-6-7-18(28-2)20(12-16)29-3/h5-8,11-12,17,22-23H,4,9-10,13-14H2,1-3H3. The highest BCUT2D eigenvalue weighted by Gasteiger charge is 2.48. The summed E-state index contributed by atoms with van der Waals surface area (Å²) < 4.78 is 27.6. The predicted molar refractivity (Wildman–Crippen MR) is 123 cm³/mol. The van der Waals surface area contributed by atoms with E-state index in [1.807, 2.05) is 43.3 Å². The molecule has 1 saturated heterocycles. The van der Waals surface area contributed by atoms with Crippen molar-refractivity contribution in [3.8, 4) is 23.0 Å². The van der Waals surface area contributed by atoms with Crippen LogP contribution in [0.25, 0.3) is 0 Å². The lowest BCUT2D eigenvalue weighted by Crippen LogP contribution is -2.31. The minimum Gasteiger partial charge on any atom is -0.493 e. The third-order valence-corrected chi connectivity index (χ3v) is 6.46. The largest absolute Gasteiger partial charge is 0.493 e. The maximum absolute atomic E-state index is 13.3. The number of hydrogen-bond acceptors (Lipinski definition) is 7. The number of carbonyl (C=O) groups is 1. The lowest BCUT2D eigenvalue weighted by Gasteiger charge is -2.28. The van der Waals surface area contributed by atoms with E-state index < -0.39 is 0 Å². The van der Waals surface area contributed by atoms with E-state index in [0.29, 0.717) is 30.4 Å². The lowest BCUT2D eigenvalue weighted by molar-refractivity contribution is -0.149. The number of fused-ring (bicyclic) bond motifs is 1. The Bertz CT molecular complexity index is 968. The van der Waals surface area contributed by atoms with Gasteiger partial charge in [-0.1, -0.05) is 28.1 Å². The van der Waals surface area contributed by atoms with Gasteiger partial charge in [0.15, 0.2) is 23.0 Å². The molecule has 1 fully saturated rings. The molecule has 2 heterocycles. The Morgan fingerprint density at radius 3 is 2.53 bits per heavy atom. The number of rotatable bonds is 8. The van der Waals surface area contributed by atoms with E-state index in [0.717, 1.165) is 28.8 Å². The summed E-state index contributed by atoms with van der Waals surface area (Å²) >= 11 is 3.58. The van der Waals surface area contributed by atoms with Crippen LogP contribution in [0.5, 0.6) is 23.0 Å². The summed E-state index contributed by atoms with van der Waals surface area (Å²) in [4.78, 5) is 15.6. The van der Waals surface area contributed by atoms with Gasteiger partial charge in [0.2, 0.25) is 6.79 Å². The lowest BCUT2D eigenvalue weighted by atomic mass is 9.82. The Labute approximate surface area is 196 Å². The number of methoxy groups -OCH3 is 2. The summed E-state index contributed by atoms with van der Waals surface area (Å²) in [6.07, 6.45) is 0. The van der Waals surface area contributed by atoms with Crippen LogP contribution in [-0.2, 0) is 9.53 Å². The van der Waals surface area contributed by atoms with Gasteiger partial charge in [0, 0.05) is 30.4 Å². The van der Waals surface area contributed by atoms with Gasteiger partial charge in [0.25, 0.3) is 0 Å². The van der Waals surface area contributed by atoms with Crippen molar-refractivity contribution in [2.45, 2.75) is 18.9 Å². The van der Waals surface area contributed by atoms with Gasteiger partial charge in [-0.3, -0.25) is 9.69 Å². The molecule has 8 heteroatoms. The van der Waals surface area contributed by atoms with E-state index in [1.165, 1.54) is 0 Å². The fourth-order valence-electron chi connectivity index (χ4n) is 4.71. The zero-order chi connectivity index (χ0) is 22.7. The van der Waals surface area contributed by atoms with Crippen LogP contribution in [0, 0.1) is 5.92 Å². The highest BCUT2D eigenvalue weighted by atomic mass is 79.9. The minimum absolute atomic E-state index is 0.0549. The van der Waals surface area contributed by atoms with E-state index in [4.69, 9.17) is 23.7 Å². The topological polar surface area (TPSA) is 66.5 Å². The van der Waals surface area contributed by atoms with Gasteiger partial charge < -0.3 is 23.7 Å². The second-order valence-electron chi connectivity index (χ2n) is 7.74. The molecule has 4 rings (SSSR count). The van der Waals surface area contributed by atoms with Crippen LogP contribution < -0.4 is 18.9 Å². The summed E-state index contributed by atoms with van der Waals surface area (Å²) in [5, 5.41) is 0.792. The van der Waals surface area contributed by atoms with Crippen LogP contribution in [0.3, 0.4) is 0 Å². The molecule has 172 valence electrons.